The largest absolute Gasteiger partial charge is 0.456 e. The number of furan rings is 2. The van der Waals surface area contributed by atoms with Crippen LogP contribution >= 0.6 is 11.3 Å². The number of hydrogen-bond donors (Lipinski definition) is 0. The maximum atomic E-state index is 6.13. The summed E-state index contributed by atoms with van der Waals surface area (Å²) in [6, 6.07) is 131. The second kappa shape index (κ2) is 28.1. The lowest BCUT2D eigenvalue weighted by molar-refractivity contribution is 0.668. The fraction of sp³-hybridized carbons (Fsp3) is 0. The van der Waals surface area contributed by atoms with Gasteiger partial charge in [-0.1, -0.05) is 279 Å². The van der Waals surface area contributed by atoms with Gasteiger partial charge < -0.3 is 8.83 Å². The average Bonchev–Trinajstić information content (AvgIpc) is 1.59. The molecule has 572 valence electrons. The predicted octanol–water partition coefficient (Wildman–Crippen LogP) is 28.8. The third-order valence-electron chi connectivity index (χ3n) is 24.1. The van der Waals surface area contributed by atoms with Crippen molar-refractivity contribution in [2.45, 2.75) is 0 Å². The van der Waals surface area contributed by atoms with E-state index in [0.29, 0.717) is 34.9 Å². The van der Waals surface area contributed by atoms with Crippen LogP contribution in [0, 0.1) is 0 Å². The maximum absolute atomic E-state index is 6.13. The van der Waals surface area contributed by atoms with Gasteiger partial charge in [-0.05, 0) is 163 Å². The summed E-state index contributed by atoms with van der Waals surface area (Å²) >= 11 is 1.81. The van der Waals surface area contributed by atoms with E-state index in [1.807, 2.05) is 65.9 Å². The van der Waals surface area contributed by atoms with Crippen LogP contribution < -0.4 is 0 Å². The van der Waals surface area contributed by atoms with Crippen molar-refractivity contribution in [3.05, 3.63) is 389 Å². The summed E-state index contributed by atoms with van der Waals surface area (Å²) in [6.07, 6.45) is 4.30. The summed E-state index contributed by atoms with van der Waals surface area (Å²) in [4.78, 5) is 41.5. The van der Waals surface area contributed by atoms with E-state index in [4.69, 9.17) is 48.7 Å². The predicted molar refractivity (Wildman–Crippen MR) is 504 cm³/mol. The van der Waals surface area contributed by atoms with Gasteiger partial charge in [0.05, 0.1) is 22.1 Å². The Balaban J connectivity index is 0.000000136. The molecule has 0 atom stereocenters. The molecule has 0 aliphatic heterocycles. The highest BCUT2D eigenvalue weighted by Crippen LogP contribution is 2.44. The van der Waals surface area contributed by atoms with Gasteiger partial charge in [-0.3, -0.25) is 8.80 Å². The lowest BCUT2D eigenvalue weighted by atomic mass is 9.97. The number of aromatic nitrogens is 10. The van der Waals surface area contributed by atoms with E-state index in [9.17, 15) is 0 Å². The van der Waals surface area contributed by atoms with Crippen LogP contribution in [0.5, 0.6) is 0 Å². The van der Waals surface area contributed by atoms with E-state index in [0.717, 1.165) is 198 Å². The second-order valence-electron chi connectivity index (χ2n) is 31.3. The highest BCUT2D eigenvalue weighted by Gasteiger charge is 2.23. The molecular formula is C110H64N10O2S. The van der Waals surface area contributed by atoms with Crippen molar-refractivity contribution >= 4 is 152 Å². The molecule has 0 bridgehead atoms. The zero-order chi connectivity index (χ0) is 80.7. The smallest absolute Gasteiger partial charge is 0.164 e. The summed E-state index contributed by atoms with van der Waals surface area (Å²) in [5.74, 6) is 3.74. The van der Waals surface area contributed by atoms with Crippen molar-refractivity contribution in [2.24, 2.45) is 0 Å². The summed E-state index contributed by atoms with van der Waals surface area (Å²) in [6.45, 7) is 0. The molecule has 0 unspecified atom stereocenters. The first-order chi connectivity index (χ1) is 60.9. The molecule has 26 aromatic rings. The molecule has 0 amide bonds. The van der Waals surface area contributed by atoms with E-state index in [2.05, 4.69) is 343 Å². The van der Waals surface area contributed by atoms with Crippen LogP contribution in [0.25, 0.3) is 253 Å². The molecular weight excluding hydrogens is 1530 g/mol. The molecule has 9 aromatic heterocycles. The Morgan fingerprint density at radius 1 is 0.179 bits per heavy atom. The van der Waals surface area contributed by atoms with Crippen molar-refractivity contribution in [3.63, 3.8) is 0 Å². The van der Waals surface area contributed by atoms with Gasteiger partial charge in [0.25, 0.3) is 0 Å². The zero-order valence-corrected chi connectivity index (χ0v) is 66.5. The van der Waals surface area contributed by atoms with Crippen molar-refractivity contribution < 1.29 is 8.83 Å². The zero-order valence-electron chi connectivity index (χ0n) is 65.6. The number of para-hydroxylation sites is 2. The molecule has 0 aliphatic carbocycles. The summed E-state index contributed by atoms with van der Waals surface area (Å²) < 4.78 is 19.2. The summed E-state index contributed by atoms with van der Waals surface area (Å²) in [7, 11) is 0. The molecule has 0 radical (unpaired) electrons. The van der Waals surface area contributed by atoms with E-state index in [1.54, 1.807) is 0 Å². The van der Waals surface area contributed by atoms with Crippen LogP contribution in [0.1, 0.15) is 0 Å². The van der Waals surface area contributed by atoms with Crippen molar-refractivity contribution in [1.82, 2.24) is 48.7 Å². The number of rotatable bonds is 10. The van der Waals surface area contributed by atoms with Gasteiger partial charge in [0, 0.05) is 109 Å². The standard InChI is InChI=1S/C58H35N5O.C52H29N5OS/c1-3-11-36(12-4-1)38-19-23-40(24-20-38)56-60-57(41-25-21-39(22-26-41)37-13-5-2-6-14-37)62-58(61-56)44-27-29-48-49(34-44)45-15-7-8-17-47(45)54-55(48)63-32-31-43(35-53(63)59-54)42-28-30-52-50(33-42)46-16-9-10-18-51(46)64-52;1-2-10-30(11-3-1)50-54-51(56-52(55-50)34-20-23-46-42(28-34)37-14-7-9-17-45(37)59-46)33-18-21-39-40(27-33)35-12-4-5-15-38(35)48-49(39)57-25-24-32(29-47(57)53-48)31-19-22-44-41(26-31)36-13-6-8-16-43(36)58-44/h1-35H;1-29H. The third-order valence-corrected chi connectivity index (χ3v) is 25.3. The SMILES string of the molecule is c1ccc(-c2ccc(-c3nc(-c4ccc(-c5ccccc5)cc4)nc(-c4ccc5c(c4)c4ccccc4c4nc6cc(-c7ccc8oc9ccccc9c8c7)ccn6c54)n3)cc2)cc1.c1ccc(-c2nc(-c3ccc4sc5ccccc5c4c3)nc(-c3ccc4c(c3)c3ccccc3c3nc5cc(-c6ccc7oc8ccccc8c7c6)ccn5c43)n2)cc1. The highest BCUT2D eigenvalue weighted by molar-refractivity contribution is 7.25. The second-order valence-corrected chi connectivity index (χ2v) is 32.4. The number of pyridine rings is 2. The Labute approximate surface area is 705 Å². The minimum Gasteiger partial charge on any atom is -0.456 e. The Morgan fingerprint density at radius 3 is 0.935 bits per heavy atom. The quantitative estimate of drug-likeness (QED) is 0.122. The summed E-state index contributed by atoms with van der Waals surface area (Å²) in [5.41, 5.74) is 24.0. The first kappa shape index (κ1) is 69.6. The molecule has 0 saturated carbocycles. The van der Waals surface area contributed by atoms with Gasteiger partial charge in [-0.2, -0.15) is 0 Å². The van der Waals surface area contributed by atoms with Gasteiger partial charge in [0.1, 0.15) is 33.6 Å². The van der Waals surface area contributed by atoms with Crippen LogP contribution in [0.3, 0.4) is 0 Å². The van der Waals surface area contributed by atoms with E-state index < -0.39 is 0 Å². The third kappa shape index (κ3) is 11.8. The average molecular weight is 1590 g/mol. The molecule has 12 nitrogen and oxygen atoms in total. The maximum Gasteiger partial charge on any atom is 0.164 e. The monoisotopic (exact) mass is 1590 g/mol. The molecule has 0 aliphatic rings. The first-order valence-corrected chi connectivity index (χ1v) is 41.9. The molecule has 9 heterocycles. The van der Waals surface area contributed by atoms with Gasteiger partial charge >= 0.3 is 0 Å². The fourth-order valence-corrected chi connectivity index (χ4v) is 19.2. The normalized spacial score (nSPS) is 11.9. The Bertz CT molecular complexity index is 8720. The van der Waals surface area contributed by atoms with Gasteiger partial charge in [-0.25, -0.2) is 39.9 Å². The molecule has 0 spiro atoms. The fourth-order valence-electron chi connectivity index (χ4n) is 18.1. The Kier molecular flexibility index (Phi) is 15.9. The molecule has 0 N–H and O–H groups in total. The van der Waals surface area contributed by atoms with Crippen LogP contribution in [0.4, 0.5) is 0 Å². The van der Waals surface area contributed by atoms with E-state index in [-0.39, 0.29) is 0 Å². The molecule has 13 heteroatoms. The van der Waals surface area contributed by atoms with Crippen molar-refractivity contribution in [1.29, 1.82) is 0 Å². The van der Waals surface area contributed by atoms with Crippen molar-refractivity contribution in [2.75, 3.05) is 0 Å². The van der Waals surface area contributed by atoms with E-state index >= 15 is 0 Å². The number of hydrogen-bond acceptors (Lipinski definition) is 11. The molecule has 0 saturated heterocycles. The Morgan fingerprint density at radius 2 is 0.480 bits per heavy atom. The number of imidazole rings is 2. The molecule has 26 rings (SSSR count). The Hall–Kier alpha value is -16.5. The molecule has 17 aromatic carbocycles. The van der Waals surface area contributed by atoms with Crippen molar-refractivity contribution in [3.8, 4) is 113 Å². The number of nitrogens with zero attached hydrogens (tertiary/aromatic N) is 10. The lowest BCUT2D eigenvalue weighted by Gasteiger charge is -2.12. The minimum atomic E-state index is 0.607. The number of fused-ring (bicyclic) bond motifs is 25. The van der Waals surface area contributed by atoms with Gasteiger partial charge in [0.15, 0.2) is 34.9 Å². The van der Waals surface area contributed by atoms with E-state index in [1.165, 1.54) is 20.2 Å². The minimum absolute atomic E-state index is 0.607. The van der Waals surface area contributed by atoms with Gasteiger partial charge in [-0.15, -0.1) is 11.3 Å². The van der Waals surface area contributed by atoms with Gasteiger partial charge in [0.2, 0.25) is 0 Å². The topological polar surface area (TPSA) is 138 Å². The van der Waals surface area contributed by atoms with Crippen LogP contribution in [-0.2, 0) is 0 Å². The first-order valence-electron chi connectivity index (χ1n) is 41.1. The number of thiophene rings is 1. The van der Waals surface area contributed by atoms with Crippen LogP contribution in [-0.4, -0.2) is 48.7 Å². The molecule has 0 fully saturated rings. The lowest BCUT2D eigenvalue weighted by Crippen LogP contribution is -2.00. The highest BCUT2D eigenvalue weighted by atomic mass is 32.1. The molecule has 123 heavy (non-hydrogen) atoms. The number of benzene rings is 17. The summed E-state index contributed by atoms with van der Waals surface area (Å²) in [5, 5.41) is 15.8. The van der Waals surface area contributed by atoms with Crippen LogP contribution in [0.15, 0.2) is 397 Å². The van der Waals surface area contributed by atoms with Crippen LogP contribution in [0.2, 0.25) is 0 Å².